The molecule has 2 aliphatic rings. The van der Waals surface area contributed by atoms with Gasteiger partial charge in [0.15, 0.2) is 0 Å². The van der Waals surface area contributed by atoms with Gasteiger partial charge in [0, 0.05) is 24.8 Å². The first kappa shape index (κ1) is 20.2. The molecule has 1 aliphatic heterocycles. The lowest BCUT2D eigenvalue weighted by Crippen LogP contribution is -2.36. The van der Waals surface area contributed by atoms with Gasteiger partial charge in [0.2, 0.25) is 5.95 Å². The van der Waals surface area contributed by atoms with E-state index in [2.05, 4.69) is 75.1 Å². The fourth-order valence-corrected chi connectivity index (χ4v) is 3.88. The number of rotatable bonds is 6. The van der Waals surface area contributed by atoms with Crippen LogP contribution in [-0.2, 0) is 11.2 Å². The minimum Gasteiger partial charge on any atom is -0.378 e. The standard InChI is InChI=1S/C25H26N6O/c1-18-6-10-21(11-7-18)27-23-16-24(31-12-14-32-15-13-31)29-25(28-23)30-26-17-20-9-8-19-4-2-3-5-22(19)20/h2-7,9-11,16-17H,8,12-15H2,1H3,(H2,27,28,29,30)/b26-17+. The van der Waals surface area contributed by atoms with Gasteiger partial charge in [-0.3, -0.25) is 0 Å². The number of fused-ring (bicyclic) bond motifs is 1. The topological polar surface area (TPSA) is 74.7 Å². The zero-order valence-corrected chi connectivity index (χ0v) is 18.1. The van der Waals surface area contributed by atoms with Crippen LogP contribution < -0.4 is 15.6 Å². The number of hydrogen-bond donors (Lipinski definition) is 2. The van der Waals surface area contributed by atoms with Gasteiger partial charge in [-0.25, -0.2) is 5.43 Å². The van der Waals surface area contributed by atoms with Crippen LogP contribution in [0.5, 0.6) is 0 Å². The average Bonchev–Trinajstić information content (AvgIpc) is 3.24. The largest absolute Gasteiger partial charge is 0.378 e. The Hall–Kier alpha value is -3.71. The van der Waals surface area contributed by atoms with Gasteiger partial charge in [0.25, 0.3) is 0 Å². The summed E-state index contributed by atoms with van der Waals surface area (Å²) in [7, 11) is 0. The van der Waals surface area contributed by atoms with Gasteiger partial charge in [0.1, 0.15) is 11.6 Å². The molecule has 1 aliphatic carbocycles. The molecule has 0 radical (unpaired) electrons. The highest BCUT2D eigenvalue weighted by molar-refractivity contribution is 6.11. The molecule has 32 heavy (non-hydrogen) atoms. The van der Waals surface area contributed by atoms with E-state index in [1.165, 1.54) is 16.7 Å². The van der Waals surface area contributed by atoms with Crippen LogP contribution in [0, 0.1) is 6.92 Å². The van der Waals surface area contributed by atoms with Gasteiger partial charge in [-0.2, -0.15) is 15.1 Å². The summed E-state index contributed by atoms with van der Waals surface area (Å²) in [5.74, 6) is 2.02. The number of aryl methyl sites for hydroxylation is 1. The third-order valence-corrected chi connectivity index (χ3v) is 5.61. The molecule has 7 heteroatoms. The second-order valence-corrected chi connectivity index (χ2v) is 7.92. The van der Waals surface area contributed by atoms with Crippen molar-refractivity contribution in [3.8, 4) is 0 Å². The molecule has 5 rings (SSSR count). The highest BCUT2D eigenvalue weighted by Crippen LogP contribution is 2.26. The van der Waals surface area contributed by atoms with Crippen molar-refractivity contribution in [2.24, 2.45) is 5.10 Å². The lowest BCUT2D eigenvalue weighted by molar-refractivity contribution is 0.122. The number of allylic oxidation sites excluding steroid dienone is 2. The Balaban J connectivity index is 1.37. The van der Waals surface area contributed by atoms with E-state index in [1.807, 2.05) is 24.4 Å². The molecule has 7 nitrogen and oxygen atoms in total. The first-order valence-corrected chi connectivity index (χ1v) is 10.9. The van der Waals surface area contributed by atoms with Gasteiger partial charge in [0.05, 0.1) is 19.4 Å². The molecule has 1 saturated heterocycles. The van der Waals surface area contributed by atoms with Crippen molar-refractivity contribution in [1.29, 1.82) is 0 Å². The molecule has 0 amide bonds. The van der Waals surface area contributed by atoms with Crippen LogP contribution in [0.15, 0.2) is 65.8 Å². The van der Waals surface area contributed by atoms with E-state index >= 15 is 0 Å². The molecule has 3 aromatic rings. The van der Waals surface area contributed by atoms with Gasteiger partial charge in [-0.05, 0) is 42.2 Å². The van der Waals surface area contributed by atoms with Crippen molar-refractivity contribution in [3.63, 3.8) is 0 Å². The van der Waals surface area contributed by atoms with E-state index in [0.717, 1.165) is 36.6 Å². The number of hydrazone groups is 1. The maximum absolute atomic E-state index is 5.49. The zero-order valence-electron chi connectivity index (χ0n) is 18.1. The van der Waals surface area contributed by atoms with Crippen molar-refractivity contribution >= 4 is 35.1 Å². The second-order valence-electron chi connectivity index (χ2n) is 7.92. The summed E-state index contributed by atoms with van der Waals surface area (Å²) in [5, 5.41) is 7.81. The fraction of sp³-hybridized carbons (Fsp3) is 0.240. The number of benzene rings is 2. The minimum absolute atomic E-state index is 0.451. The molecule has 0 saturated carbocycles. The van der Waals surface area contributed by atoms with E-state index in [1.54, 1.807) is 0 Å². The Morgan fingerprint density at radius 1 is 1.03 bits per heavy atom. The quantitative estimate of drug-likeness (QED) is 0.449. The molecule has 1 aromatic heterocycles. The van der Waals surface area contributed by atoms with Crippen molar-refractivity contribution in [2.75, 3.05) is 41.9 Å². The molecule has 0 bridgehead atoms. The number of nitrogens with one attached hydrogen (secondary N) is 2. The van der Waals surface area contributed by atoms with Crippen LogP contribution in [-0.4, -0.2) is 42.5 Å². The molecule has 1 fully saturated rings. The number of hydrogen-bond acceptors (Lipinski definition) is 7. The maximum atomic E-state index is 5.49. The highest BCUT2D eigenvalue weighted by atomic mass is 16.5. The second kappa shape index (κ2) is 9.20. The number of nitrogens with zero attached hydrogens (tertiary/aromatic N) is 4. The van der Waals surface area contributed by atoms with Crippen LogP contribution in [0.4, 0.5) is 23.3 Å². The average molecular weight is 427 g/mol. The number of aromatic nitrogens is 2. The molecule has 2 aromatic carbocycles. The summed E-state index contributed by atoms with van der Waals surface area (Å²) < 4.78 is 5.49. The summed E-state index contributed by atoms with van der Waals surface area (Å²) in [6.07, 6.45) is 4.96. The van der Waals surface area contributed by atoms with E-state index < -0.39 is 0 Å². The van der Waals surface area contributed by atoms with Gasteiger partial charge in [-0.15, -0.1) is 0 Å². The molecular weight excluding hydrogens is 400 g/mol. The summed E-state index contributed by atoms with van der Waals surface area (Å²) in [6.45, 7) is 5.06. The SMILES string of the molecule is Cc1ccc(Nc2cc(N3CCOCC3)nc(N/N=C/C3=CCc4ccccc43)n2)cc1. The van der Waals surface area contributed by atoms with E-state index in [4.69, 9.17) is 9.72 Å². The van der Waals surface area contributed by atoms with E-state index in [9.17, 15) is 0 Å². The van der Waals surface area contributed by atoms with Crippen LogP contribution in [0.3, 0.4) is 0 Å². The highest BCUT2D eigenvalue weighted by Gasteiger charge is 2.16. The van der Waals surface area contributed by atoms with Gasteiger partial charge < -0.3 is 15.0 Å². The normalized spacial score (nSPS) is 15.5. The van der Waals surface area contributed by atoms with Crippen molar-refractivity contribution < 1.29 is 4.74 Å². The van der Waals surface area contributed by atoms with Crippen LogP contribution in [0.2, 0.25) is 0 Å². The predicted octanol–water partition coefficient (Wildman–Crippen LogP) is 4.40. The van der Waals surface area contributed by atoms with Gasteiger partial charge in [-0.1, -0.05) is 48.0 Å². The Morgan fingerprint density at radius 3 is 2.69 bits per heavy atom. The Kier molecular flexibility index (Phi) is 5.81. The molecule has 0 atom stereocenters. The van der Waals surface area contributed by atoms with Crippen LogP contribution in [0.25, 0.3) is 5.57 Å². The van der Waals surface area contributed by atoms with E-state index in [-0.39, 0.29) is 0 Å². The summed E-state index contributed by atoms with van der Waals surface area (Å²) in [5.41, 5.74) is 8.87. The summed E-state index contributed by atoms with van der Waals surface area (Å²) in [4.78, 5) is 11.5. The molecular formula is C25H26N6O. The maximum Gasteiger partial charge on any atom is 0.247 e. The van der Waals surface area contributed by atoms with E-state index in [0.29, 0.717) is 25.0 Å². The number of morpholine rings is 1. The fourth-order valence-electron chi connectivity index (χ4n) is 3.88. The van der Waals surface area contributed by atoms with Crippen LogP contribution in [0.1, 0.15) is 16.7 Å². The monoisotopic (exact) mass is 426 g/mol. The first-order chi connectivity index (χ1) is 15.7. The van der Waals surface area contributed by atoms with Crippen molar-refractivity contribution in [3.05, 3.63) is 77.4 Å². The third-order valence-electron chi connectivity index (χ3n) is 5.61. The van der Waals surface area contributed by atoms with Crippen LogP contribution >= 0.6 is 0 Å². The molecule has 0 unspecified atom stereocenters. The molecule has 2 N–H and O–H groups in total. The Labute approximate surface area is 187 Å². The van der Waals surface area contributed by atoms with Crippen molar-refractivity contribution in [1.82, 2.24) is 9.97 Å². The lowest BCUT2D eigenvalue weighted by atomic mass is 10.1. The smallest absolute Gasteiger partial charge is 0.247 e. The Bertz CT molecular complexity index is 1150. The molecule has 2 heterocycles. The van der Waals surface area contributed by atoms with Gasteiger partial charge >= 0.3 is 0 Å². The number of anilines is 4. The Morgan fingerprint density at radius 2 is 1.84 bits per heavy atom. The lowest BCUT2D eigenvalue weighted by Gasteiger charge is -2.28. The minimum atomic E-state index is 0.451. The summed E-state index contributed by atoms with van der Waals surface area (Å²) >= 11 is 0. The first-order valence-electron chi connectivity index (χ1n) is 10.9. The third kappa shape index (κ3) is 4.63. The summed E-state index contributed by atoms with van der Waals surface area (Å²) in [6, 6.07) is 18.6. The van der Waals surface area contributed by atoms with Crippen molar-refractivity contribution in [2.45, 2.75) is 13.3 Å². The molecule has 162 valence electrons. The predicted molar refractivity (Wildman–Crippen MR) is 130 cm³/mol. The number of ether oxygens (including phenoxy) is 1. The zero-order chi connectivity index (χ0) is 21.8. The molecule has 0 spiro atoms.